The third-order valence-corrected chi connectivity index (χ3v) is 13.9. The number of nitriles is 1. The first-order valence-corrected chi connectivity index (χ1v) is 16.4. The number of likely N-dealkylation sites (tertiary alicyclic amines) is 1. The average Bonchev–Trinajstić information content (AvgIpc) is 3.46. The number of carbonyl (C=O) groups is 3. The molecular formula is C36H50N2O4. The van der Waals surface area contributed by atoms with Crippen LogP contribution in [0.3, 0.4) is 0 Å². The summed E-state index contributed by atoms with van der Waals surface area (Å²) in [7, 11) is 0. The van der Waals surface area contributed by atoms with Crippen molar-refractivity contribution in [3.05, 3.63) is 23.3 Å². The number of hydrogen-bond donors (Lipinski definition) is 0. The van der Waals surface area contributed by atoms with Crippen molar-refractivity contribution in [2.45, 2.75) is 106 Å². The lowest BCUT2D eigenvalue weighted by atomic mass is 9.34. The van der Waals surface area contributed by atoms with Crippen LogP contribution in [-0.4, -0.2) is 42.3 Å². The minimum atomic E-state index is -0.661. The molecule has 228 valence electrons. The molecule has 4 fully saturated rings. The predicted molar refractivity (Wildman–Crippen MR) is 161 cm³/mol. The number of hydrogen-bond acceptors (Lipinski definition) is 5. The molecule has 6 aliphatic rings. The van der Waals surface area contributed by atoms with Gasteiger partial charge in [0.25, 0.3) is 0 Å². The van der Waals surface area contributed by atoms with Crippen molar-refractivity contribution in [1.82, 2.24) is 4.90 Å². The number of allylic oxidation sites excluding steroid dienone is 4. The van der Waals surface area contributed by atoms with E-state index in [0.29, 0.717) is 6.61 Å². The minimum Gasteiger partial charge on any atom is -0.449 e. The zero-order valence-corrected chi connectivity index (χ0v) is 26.9. The molecule has 5 aliphatic carbocycles. The third-order valence-electron chi connectivity index (χ3n) is 13.9. The molecule has 0 aromatic carbocycles. The molecule has 0 N–H and O–H groups in total. The first-order chi connectivity index (χ1) is 19.5. The molecule has 7 atom stereocenters. The Morgan fingerprint density at radius 2 is 1.67 bits per heavy atom. The van der Waals surface area contributed by atoms with Gasteiger partial charge in [0.1, 0.15) is 6.07 Å². The van der Waals surface area contributed by atoms with Gasteiger partial charge < -0.3 is 9.64 Å². The molecule has 1 saturated heterocycles. The molecule has 0 radical (unpaired) electrons. The summed E-state index contributed by atoms with van der Waals surface area (Å²) >= 11 is 0. The van der Waals surface area contributed by atoms with Crippen LogP contribution >= 0.6 is 0 Å². The highest BCUT2D eigenvalue weighted by Crippen LogP contribution is 2.74. The molecule has 6 nitrogen and oxygen atoms in total. The number of ether oxygens (including phenoxy) is 1. The van der Waals surface area contributed by atoms with Gasteiger partial charge >= 0.3 is 6.09 Å². The summed E-state index contributed by atoms with van der Waals surface area (Å²) in [4.78, 5) is 42.8. The monoisotopic (exact) mass is 574 g/mol. The number of nitrogens with zero attached hydrogens (tertiary/aromatic N) is 2. The van der Waals surface area contributed by atoms with E-state index in [1.165, 1.54) is 0 Å². The quantitative estimate of drug-likeness (QED) is 0.342. The fraction of sp³-hybridized carbons (Fsp3) is 0.778. The minimum absolute atomic E-state index is 0.0446. The van der Waals surface area contributed by atoms with E-state index in [1.54, 1.807) is 0 Å². The van der Waals surface area contributed by atoms with Gasteiger partial charge in [-0.25, -0.2) is 4.79 Å². The number of ketones is 2. The van der Waals surface area contributed by atoms with Crippen molar-refractivity contribution in [3.63, 3.8) is 0 Å². The van der Waals surface area contributed by atoms with Gasteiger partial charge in [0.05, 0.1) is 12.2 Å². The fourth-order valence-corrected chi connectivity index (χ4v) is 11.2. The zero-order chi connectivity index (χ0) is 30.5. The molecule has 6 rings (SSSR count). The van der Waals surface area contributed by atoms with E-state index >= 15 is 0 Å². The highest BCUT2D eigenvalue weighted by molar-refractivity contribution is 6.04. The van der Waals surface area contributed by atoms with Crippen LogP contribution in [0.15, 0.2) is 23.3 Å². The first-order valence-electron chi connectivity index (χ1n) is 16.4. The maximum absolute atomic E-state index is 14.6. The summed E-state index contributed by atoms with van der Waals surface area (Å²) in [5.41, 5.74) is -0.360. The van der Waals surface area contributed by atoms with E-state index in [2.05, 4.69) is 40.7 Å². The molecule has 6 heteroatoms. The maximum Gasteiger partial charge on any atom is 0.409 e. The standard InChI is InChI=1S/C36H50N2O4/c1-31(2)12-14-36(22-42-30(41)38-16-8-9-17-38)15-13-35(7)28(24(36)20-31)25(39)18-27-33(5)19-23(21-37)29(40)32(3,4)26(33)10-11-34(27,35)6/h18-19,24,26,28H,8-17,20,22H2,1-7H3/t24-,26-,28-,33-,34+,35+,36+/m0/s1. The van der Waals surface area contributed by atoms with Gasteiger partial charge in [-0.1, -0.05) is 60.1 Å². The molecule has 1 amide bonds. The van der Waals surface area contributed by atoms with E-state index < -0.39 is 10.8 Å². The summed E-state index contributed by atoms with van der Waals surface area (Å²) in [6.45, 7) is 17.5. The van der Waals surface area contributed by atoms with Gasteiger partial charge in [0, 0.05) is 35.3 Å². The van der Waals surface area contributed by atoms with Crippen molar-refractivity contribution < 1.29 is 19.1 Å². The van der Waals surface area contributed by atoms with E-state index in [-0.39, 0.29) is 62.6 Å². The Labute approximate surface area is 252 Å². The Morgan fingerprint density at radius 3 is 2.33 bits per heavy atom. The second kappa shape index (κ2) is 9.29. The Bertz CT molecular complexity index is 1330. The van der Waals surface area contributed by atoms with Gasteiger partial charge in [-0.15, -0.1) is 0 Å². The second-order valence-corrected chi connectivity index (χ2v) is 16.9. The summed E-state index contributed by atoms with van der Waals surface area (Å²) in [6.07, 6.45) is 12.5. The predicted octanol–water partition coefficient (Wildman–Crippen LogP) is 7.44. The van der Waals surface area contributed by atoms with Gasteiger partial charge in [-0.3, -0.25) is 9.59 Å². The van der Waals surface area contributed by atoms with Crippen LogP contribution in [0.2, 0.25) is 0 Å². The Balaban J connectivity index is 1.42. The normalized spacial score (nSPS) is 43.6. The van der Waals surface area contributed by atoms with Crippen molar-refractivity contribution >= 4 is 17.7 Å². The van der Waals surface area contributed by atoms with Crippen molar-refractivity contribution in [2.24, 2.45) is 50.2 Å². The van der Waals surface area contributed by atoms with E-state index in [0.717, 1.165) is 76.5 Å². The number of amides is 1. The lowest BCUT2D eigenvalue weighted by Crippen LogP contribution is -2.65. The van der Waals surface area contributed by atoms with Crippen LogP contribution in [0.4, 0.5) is 4.79 Å². The second-order valence-electron chi connectivity index (χ2n) is 16.9. The molecule has 42 heavy (non-hydrogen) atoms. The van der Waals surface area contributed by atoms with E-state index in [4.69, 9.17) is 4.74 Å². The van der Waals surface area contributed by atoms with Gasteiger partial charge in [-0.2, -0.15) is 5.26 Å². The maximum atomic E-state index is 14.6. The van der Waals surface area contributed by atoms with Gasteiger partial charge in [0.15, 0.2) is 11.6 Å². The molecule has 3 saturated carbocycles. The van der Waals surface area contributed by atoms with Gasteiger partial charge in [-0.05, 0) is 91.9 Å². The summed E-state index contributed by atoms with van der Waals surface area (Å²) in [5.74, 6) is 0.184. The van der Waals surface area contributed by atoms with E-state index in [1.807, 2.05) is 30.9 Å². The number of fused-ring (bicyclic) bond motifs is 7. The third kappa shape index (κ3) is 3.90. The van der Waals surface area contributed by atoms with Crippen LogP contribution in [0.1, 0.15) is 106 Å². The number of Topliss-reactive ketones (excluding diaryl/α,β-unsaturated/α-hetero) is 1. The summed E-state index contributed by atoms with van der Waals surface area (Å²) < 4.78 is 6.11. The Morgan fingerprint density at radius 1 is 1.00 bits per heavy atom. The highest BCUT2D eigenvalue weighted by atomic mass is 16.6. The largest absolute Gasteiger partial charge is 0.449 e. The molecule has 0 aromatic rings. The summed E-state index contributed by atoms with van der Waals surface area (Å²) in [6, 6.07) is 2.20. The molecule has 0 unspecified atom stereocenters. The van der Waals surface area contributed by atoms with Crippen LogP contribution in [0, 0.1) is 61.6 Å². The van der Waals surface area contributed by atoms with Crippen LogP contribution < -0.4 is 0 Å². The van der Waals surface area contributed by atoms with Crippen LogP contribution in [-0.2, 0) is 14.3 Å². The Hall–Kier alpha value is -2.42. The van der Waals surface area contributed by atoms with Gasteiger partial charge in [0.2, 0.25) is 0 Å². The first kappa shape index (κ1) is 29.6. The highest BCUT2D eigenvalue weighted by Gasteiger charge is 2.70. The molecule has 1 aliphatic heterocycles. The topological polar surface area (TPSA) is 87.5 Å². The van der Waals surface area contributed by atoms with Crippen molar-refractivity contribution in [2.75, 3.05) is 19.7 Å². The van der Waals surface area contributed by atoms with Crippen molar-refractivity contribution in [1.29, 1.82) is 5.26 Å². The van der Waals surface area contributed by atoms with Crippen LogP contribution in [0.5, 0.6) is 0 Å². The fourth-order valence-electron chi connectivity index (χ4n) is 11.2. The molecule has 0 bridgehead atoms. The smallest absolute Gasteiger partial charge is 0.409 e. The van der Waals surface area contributed by atoms with E-state index in [9.17, 15) is 19.6 Å². The lowest BCUT2D eigenvalue weighted by molar-refractivity contribution is -0.178. The molecular weight excluding hydrogens is 524 g/mol. The molecule has 1 heterocycles. The lowest BCUT2D eigenvalue weighted by Gasteiger charge is -2.69. The average molecular weight is 575 g/mol. The van der Waals surface area contributed by atoms with Crippen LogP contribution in [0.25, 0.3) is 0 Å². The number of rotatable bonds is 2. The summed E-state index contributed by atoms with van der Waals surface area (Å²) in [5, 5.41) is 9.95. The van der Waals surface area contributed by atoms with Crippen molar-refractivity contribution in [3.8, 4) is 6.07 Å². The number of carbonyl (C=O) groups excluding carboxylic acids is 3. The SMILES string of the molecule is CC1(C)CC[C@]2(COC(=O)N3CCCC3)CC[C@]3(C)[C@H](C(=O)C=C4[C@@]5(C)C=C(C#N)C(=O)C(C)(C)[C@@H]5CC[C@]43C)[C@@H]2C1. The molecule has 0 spiro atoms. The zero-order valence-electron chi connectivity index (χ0n) is 26.9. The molecule has 0 aromatic heterocycles. The Kier molecular flexibility index (Phi) is 6.56.